The molecule has 1 aromatic carbocycles. The molecule has 1 atom stereocenters. The van der Waals surface area contributed by atoms with E-state index in [-0.39, 0.29) is 24.8 Å². The molecule has 0 radical (unpaired) electrons. The Morgan fingerprint density at radius 1 is 1.04 bits per heavy atom. The normalized spacial score (nSPS) is 18.3. The molecule has 23 heavy (non-hydrogen) atoms. The maximum Gasteiger partial charge on any atom is -1.00 e. The van der Waals surface area contributed by atoms with Crippen molar-refractivity contribution in [1.29, 1.82) is 0 Å². The van der Waals surface area contributed by atoms with E-state index in [1.807, 2.05) is 3.28 Å². The number of allylic oxidation sites excluding steroid dienone is 5. The molecule has 1 aromatic rings. The van der Waals surface area contributed by atoms with E-state index in [9.17, 15) is 0 Å². The van der Waals surface area contributed by atoms with Crippen molar-refractivity contribution in [3.63, 3.8) is 0 Å². The van der Waals surface area contributed by atoms with Crippen LogP contribution < -0.4 is 24.8 Å². The number of rotatable bonds is 4. The van der Waals surface area contributed by atoms with Crippen LogP contribution in [-0.4, -0.2) is 0 Å². The van der Waals surface area contributed by atoms with Gasteiger partial charge in [-0.05, 0) is 0 Å². The van der Waals surface area contributed by atoms with Gasteiger partial charge in [0.1, 0.15) is 0 Å². The van der Waals surface area contributed by atoms with E-state index in [2.05, 4.69) is 70.2 Å². The molecule has 0 heterocycles. The minimum absolute atomic E-state index is 0. The zero-order valence-corrected chi connectivity index (χ0v) is 18.3. The zero-order valence-electron chi connectivity index (χ0n) is 14.4. The first kappa shape index (κ1) is 20.9. The quantitative estimate of drug-likeness (QED) is 0.641. The predicted molar refractivity (Wildman–Crippen MR) is 89.4 cm³/mol. The largest absolute Gasteiger partial charge is 1.00 e. The molecule has 2 aliphatic rings. The van der Waals surface area contributed by atoms with Crippen LogP contribution in [0.15, 0.2) is 39.7 Å². The van der Waals surface area contributed by atoms with Gasteiger partial charge >= 0.3 is 138 Å². The molecule has 0 spiro atoms. The Bertz CT molecular complexity index is 631. The van der Waals surface area contributed by atoms with E-state index in [1.54, 1.807) is 5.56 Å². The molecule has 0 saturated carbocycles. The van der Waals surface area contributed by atoms with E-state index in [0.717, 1.165) is 3.63 Å². The third-order valence-corrected chi connectivity index (χ3v) is 13.5. The number of fused-ring (bicyclic) bond motifs is 1. The second kappa shape index (κ2) is 8.84. The van der Waals surface area contributed by atoms with Gasteiger partial charge in [0, 0.05) is 0 Å². The van der Waals surface area contributed by atoms with E-state index in [0.29, 0.717) is 5.92 Å². The maximum atomic E-state index is 2.57. The molecule has 0 nitrogen and oxygen atoms in total. The van der Waals surface area contributed by atoms with Crippen molar-refractivity contribution in [2.45, 2.75) is 47.8 Å². The first-order valence-electron chi connectivity index (χ1n) is 8.15. The molecular formula is C20H25Cl2Zr. The molecule has 0 amide bonds. The Labute approximate surface area is 161 Å². The van der Waals surface area contributed by atoms with Gasteiger partial charge in [-0.15, -0.1) is 0 Å². The summed E-state index contributed by atoms with van der Waals surface area (Å²) in [7, 11) is 0. The van der Waals surface area contributed by atoms with Crippen LogP contribution in [0.5, 0.6) is 0 Å². The summed E-state index contributed by atoms with van der Waals surface area (Å²) in [5, 5.41) is 0. The molecule has 123 valence electrons. The fourth-order valence-electron chi connectivity index (χ4n) is 3.98. The molecule has 2 aliphatic carbocycles. The smallest absolute Gasteiger partial charge is 1.00 e. The summed E-state index contributed by atoms with van der Waals surface area (Å²) >= 11 is -1.59. The SMILES string of the molecule is CC[CH2][Zr+2]([C]1=Cc2cc(C)cc(C)c2C1C)[CH]1C=CC=C1.[Cl-].[Cl-]. The van der Waals surface area contributed by atoms with Gasteiger partial charge < -0.3 is 24.8 Å². The summed E-state index contributed by atoms with van der Waals surface area (Å²) in [5.41, 5.74) is 6.00. The van der Waals surface area contributed by atoms with Crippen molar-refractivity contribution in [2.24, 2.45) is 0 Å². The van der Waals surface area contributed by atoms with Crippen LogP contribution in [0.4, 0.5) is 0 Å². The van der Waals surface area contributed by atoms with E-state index >= 15 is 0 Å². The topological polar surface area (TPSA) is 0 Å². The van der Waals surface area contributed by atoms with Gasteiger partial charge in [0.05, 0.1) is 0 Å². The number of hydrogen-bond donors (Lipinski definition) is 0. The molecule has 0 aromatic heterocycles. The first-order chi connectivity index (χ1) is 10.1. The van der Waals surface area contributed by atoms with Gasteiger partial charge in [0.2, 0.25) is 0 Å². The summed E-state index contributed by atoms with van der Waals surface area (Å²) in [6, 6.07) is 4.74. The molecule has 1 unspecified atom stereocenters. The monoisotopic (exact) mass is 425 g/mol. The average Bonchev–Trinajstić information content (AvgIpc) is 3.04. The number of halogens is 2. The van der Waals surface area contributed by atoms with Crippen LogP contribution in [0.1, 0.15) is 48.4 Å². The zero-order chi connectivity index (χ0) is 15.0. The third kappa shape index (κ3) is 4.12. The van der Waals surface area contributed by atoms with Gasteiger partial charge in [-0.25, -0.2) is 0 Å². The molecule has 0 bridgehead atoms. The summed E-state index contributed by atoms with van der Waals surface area (Å²) in [6.07, 6.45) is 13.3. The summed E-state index contributed by atoms with van der Waals surface area (Å²) in [5.74, 6) is 0.656. The van der Waals surface area contributed by atoms with Crippen LogP contribution in [-0.2, 0) is 21.8 Å². The Morgan fingerprint density at radius 3 is 2.30 bits per heavy atom. The first-order valence-corrected chi connectivity index (χ1v) is 12.5. The van der Waals surface area contributed by atoms with Gasteiger partial charge in [0.25, 0.3) is 0 Å². The molecule has 0 aliphatic heterocycles. The predicted octanol–water partition coefficient (Wildman–Crippen LogP) is 0.130. The van der Waals surface area contributed by atoms with Crippen LogP contribution in [0.3, 0.4) is 0 Å². The second-order valence-corrected chi connectivity index (χ2v) is 13.3. The van der Waals surface area contributed by atoms with Crippen LogP contribution in [0.25, 0.3) is 6.08 Å². The summed E-state index contributed by atoms with van der Waals surface area (Å²) < 4.78 is 4.10. The summed E-state index contributed by atoms with van der Waals surface area (Å²) in [6.45, 7) is 9.31. The Balaban J connectivity index is 0.00000132. The Hall–Kier alpha value is -0.0969. The van der Waals surface area contributed by atoms with Crippen molar-refractivity contribution in [1.82, 2.24) is 0 Å². The number of benzene rings is 1. The Morgan fingerprint density at radius 2 is 1.70 bits per heavy atom. The maximum absolute atomic E-state index is 2.57. The molecule has 3 rings (SSSR count). The minimum Gasteiger partial charge on any atom is -1.00 e. The average molecular weight is 428 g/mol. The molecule has 3 heteroatoms. The van der Waals surface area contributed by atoms with Crippen molar-refractivity contribution in [3.05, 3.63) is 62.0 Å². The molecule has 0 fully saturated rings. The molecular weight excluding hydrogens is 402 g/mol. The fourth-order valence-corrected chi connectivity index (χ4v) is 12.0. The van der Waals surface area contributed by atoms with Gasteiger partial charge in [-0.1, -0.05) is 0 Å². The van der Waals surface area contributed by atoms with Crippen LogP contribution in [0, 0.1) is 13.8 Å². The van der Waals surface area contributed by atoms with Crippen LogP contribution >= 0.6 is 0 Å². The number of hydrogen-bond acceptors (Lipinski definition) is 0. The fraction of sp³-hybridized carbons (Fsp3) is 0.400. The van der Waals surface area contributed by atoms with E-state index < -0.39 is 21.8 Å². The van der Waals surface area contributed by atoms with Crippen molar-refractivity contribution < 1.29 is 46.6 Å². The van der Waals surface area contributed by atoms with E-state index in [4.69, 9.17) is 0 Å². The van der Waals surface area contributed by atoms with Gasteiger partial charge in [0.15, 0.2) is 0 Å². The Kier molecular flexibility index (Phi) is 8.05. The van der Waals surface area contributed by atoms with Crippen LogP contribution in [0.2, 0.25) is 7.75 Å². The summed E-state index contributed by atoms with van der Waals surface area (Å²) in [4.78, 5) is 0. The van der Waals surface area contributed by atoms with Gasteiger partial charge in [-0.3, -0.25) is 0 Å². The molecule has 0 saturated heterocycles. The van der Waals surface area contributed by atoms with Crippen molar-refractivity contribution in [3.8, 4) is 0 Å². The molecule has 0 N–H and O–H groups in total. The third-order valence-electron chi connectivity index (χ3n) is 4.81. The number of aryl methyl sites for hydroxylation is 2. The van der Waals surface area contributed by atoms with Crippen molar-refractivity contribution >= 4 is 6.08 Å². The van der Waals surface area contributed by atoms with Gasteiger partial charge in [-0.2, -0.15) is 0 Å². The minimum atomic E-state index is -1.59. The standard InChI is InChI=1S/C12H13.C5H5.C3H7.2ClH.Zr/c1-8-6-10(3)12-9(2)4-5-11(12)7-8;1-2-4-5-3-1;1-3-2;;;/h5-7,9H,1-3H3;1-5H;1,3H2,2H3;2*1H;/q;;;;;+2/p-2. The van der Waals surface area contributed by atoms with E-state index in [1.165, 1.54) is 27.2 Å². The van der Waals surface area contributed by atoms with Crippen molar-refractivity contribution in [2.75, 3.05) is 0 Å². The second-order valence-electron chi connectivity index (χ2n) is 6.48.